The van der Waals surface area contributed by atoms with E-state index in [1.165, 1.54) is 17.6 Å². The zero-order valence-corrected chi connectivity index (χ0v) is 17.0. The molecule has 31 heavy (non-hydrogen) atoms. The Labute approximate surface area is 180 Å². The molecule has 4 rings (SSSR count). The van der Waals surface area contributed by atoms with Gasteiger partial charge in [0, 0.05) is 5.39 Å². The fraction of sp³-hybridized carbons (Fsp3) is 0.0909. The molecule has 0 radical (unpaired) electrons. The second-order valence-electron chi connectivity index (χ2n) is 6.44. The first-order chi connectivity index (χ1) is 15.1. The van der Waals surface area contributed by atoms with Crippen molar-refractivity contribution in [3.05, 3.63) is 77.6 Å². The maximum Gasteiger partial charge on any atom is 0.339 e. The van der Waals surface area contributed by atoms with Gasteiger partial charge in [-0.25, -0.2) is 14.6 Å². The number of nitrogens with zero attached hydrogens (tertiary/aromatic N) is 1. The van der Waals surface area contributed by atoms with E-state index in [4.69, 9.17) is 9.15 Å². The maximum atomic E-state index is 12.7. The van der Waals surface area contributed by atoms with E-state index in [1.807, 2.05) is 23.6 Å². The fourth-order valence-electron chi connectivity index (χ4n) is 2.89. The summed E-state index contributed by atoms with van der Waals surface area (Å²) >= 11 is 1.50. The summed E-state index contributed by atoms with van der Waals surface area (Å²) in [7, 11) is 0. The minimum atomic E-state index is -0.748. The third kappa shape index (κ3) is 4.96. The molecule has 4 aromatic rings. The van der Waals surface area contributed by atoms with Gasteiger partial charge in [-0.1, -0.05) is 24.3 Å². The van der Waals surface area contributed by atoms with Crippen molar-refractivity contribution in [3.63, 3.8) is 0 Å². The molecule has 0 fully saturated rings. The van der Waals surface area contributed by atoms with Crippen LogP contribution in [0.4, 0.5) is 4.79 Å². The molecule has 0 aliphatic heterocycles. The SMILES string of the molecule is O=C(COC(=O)c1cc(-c2cccs2)nc2ccccc12)NC(=O)NCc1ccco1. The van der Waals surface area contributed by atoms with Crippen LogP contribution < -0.4 is 10.6 Å². The van der Waals surface area contributed by atoms with Crippen molar-refractivity contribution in [2.75, 3.05) is 6.61 Å². The number of para-hydroxylation sites is 1. The molecule has 0 bridgehead atoms. The zero-order chi connectivity index (χ0) is 21.6. The Hall–Kier alpha value is -3.98. The number of hydrogen-bond acceptors (Lipinski definition) is 7. The van der Waals surface area contributed by atoms with E-state index in [0.29, 0.717) is 27.9 Å². The lowest BCUT2D eigenvalue weighted by Crippen LogP contribution is -2.41. The third-order valence-electron chi connectivity index (χ3n) is 4.30. The lowest BCUT2D eigenvalue weighted by Gasteiger charge is -2.10. The highest BCUT2D eigenvalue weighted by atomic mass is 32.1. The largest absolute Gasteiger partial charge is 0.467 e. The van der Waals surface area contributed by atoms with Crippen molar-refractivity contribution in [1.82, 2.24) is 15.6 Å². The molecule has 3 heterocycles. The number of pyridine rings is 1. The highest BCUT2D eigenvalue weighted by Gasteiger charge is 2.17. The molecule has 3 aromatic heterocycles. The monoisotopic (exact) mass is 435 g/mol. The van der Waals surface area contributed by atoms with Crippen LogP contribution in [0.1, 0.15) is 16.1 Å². The van der Waals surface area contributed by atoms with Gasteiger partial charge in [0.25, 0.3) is 5.91 Å². The second kappa shape index (κ2) is 9.23. The van der Waals surface area contributed by atoms with Gasteiger partial charge in [-0.2, -0.15) is 0 Å². The van der Waals surface area contributed by atoms with Crippen LogP contribution >= 0.6 is 11.3 Å². The maximum absolute atomic E-state index is 12.7. The molecule has 0 unspecified atom stereocenters. The van der Waals surface area contributed by atoms with E-state index >= 15 is 0 Å². The summed E-state index contributed by atoms with van der Waals surface area (Å²) in [5.74, 6) is -0.884. The quantitative estimate of drug-likeness (QED) is 0.447. The first-order valence-corrected chi connectivity index (χ1v) is 10.2. The highest BCUT2D eigenvalue weighted by Crippen LogP contribution is 2.28. The molecule has 0 spiro atoms. The summed E-state index contributed by atoms with van der Waals surface area (Å²) in [4.78, 5) is 42.0. The molecule has 3 amide bonds. The standard InChI is InChI=1S/C22H17N3O5S/c26-20(25-22(28)23-12-14-5-3-9-29-14)13-30-21(27)16-11-18(19-8-4-10-31-19)24-17-7-2-1-6-15(16)17/h1-11H,12-13H2,(H2,23,25,26,28). The molecule has 0 aliphatic rings. The minimum Gasteiger partial charge on any atom is -0.467 e. The summed E-state index contributed by atoms with van der Waals surface area (Å²) in [5, 5.41) is 7.11. The molecule has 156 valence electrons. The summed E-state index contributed by atoms with van der Waals surface area (Å²) in [6, 6.07) is 15.3. The minimum absolute atomic E-state index is 0.125. The van der Waals surface area contributed by atoms with Gasteiger partial charge in [0.05, 0.1) is 34.5 Å². The fourth-order valence-corrected chi connectivity index (χ4v) is 3.58. The Morgan fingerprint density at radius 1 is 1.06 bits per heavy atom. The van der Waals surface area contributed by atoms with Gasteiger partial charge in [-0.15, -0.1) is 11.3 Å². The van der Waals surface area contributed by atoms with Crippen LogP contribution in [0.5, 0.6) is 0 Å². The number of imide groups is 1. The number of aromatic nitrogens is 1. The van der Waals surface area contributed by atoms with E-state index in [2.05, 4.69) is 15.6 Å². The van der Waals surface area contributed by atoms with Crippen molar-refractivity contribution in [2.24, 2.45) is 0 Å². The lowest BCUT2D eigenvalue weighted by atomic mass is 10.1. The Balaban J connectivity index is 1.41. The van der Waals surface area contributed by atoms with Crippen molar-refractivity contribution in [1.29, 1.82) is 0 Å². The van der Waals surface area contributed by atoms with Crippen LogP contribution in [-0.4, -0.2) is 29.5 Å². The molecular weight excluding hydrogens is 418 g/mol. The number of fused-ring (bicyclic) bond motifs is 1. The number of furan rings is 1. The number of amides is 3. The smallest absolute Gasteiger partial charge is 0.339 e. The summed E-state index contributed by atoms with van der Waals surface area (Å²) in [6.45, 7) is -0.474. The molecule has 0 saturated heterocycles. The van der Waals surface area contributed by atoms with Crippen LogP contribution in [0.15, 0.2) is 70.7 Å². The molecule has 0 aliphatic carbocycles. The molecule has 0 saturated carbocycles. The predicted octanol–water partition coefficient (Wildman–Crippen LogP) is 3.74. The number of nitrogens with one attached hydrogen (secondary N) is 2. The number of thiophene rings is 1. The van der Waals surface area contributed by atoms with Gasteiger partial charge in [0.2, 0.25) is 0 Å². The Bertz CT molecular complexity index is 1220. The third-order valence-corrected chi connectivity index (χ3v) is 5.19. The molecule has 0 atom stereocenters. The summed E-state index contributed by atoms with van der Waals surface area (Å²) < 4.78 is 10.2. The molecule has 1 aromatic carbocycles. The molecule has 9 heteroatoms. The van der Waals surface area contributed by atoms with Crippen molar-refractivity contribution in [3.8, 4) is 10.6 Å². The normalized spacial score (nSPS) is 10.6. The average molecular weight is 435 g/mol. The van der Waals surface area contributed by atoms with Crippen LogP contribution in [0.2, 0.25) is 0 Å². The van der Waals surface area contributed by atoms with Gasteiger partial charge in [-0.05, 0) is 35.7 Å². The van der Waals surface area contributed by atoms with E-state index in [1.54, 1.807) is 36.4 Å². The average Bonchev–Trinajstić information content (AvgIpc) is 3.49. The first kappa shape index (κ1) is 20.3. The summed E-state index contributed by atoms with van der Waals surface area (Å²) in [6.07, 6.45) is 1.48. The first-order valence-electron chi connectivity index (χ1n) is 9.31. The number of hydrogen-bond donors (Lipinski definition) is 2. The van der Waals surface area contributed by atoms with Crippen molar-refractivity contribution >= 4 is 40.1 Å². The number of carbonyl (C=O) groups is 3. The Kier molecular flexibility index (Phi) is 6.04. The number of urea groups is 1. The highest BCUT2D eigenvalue weighted by molar-refractivity contribution is 7.13. The van der Waals surface area contributed by atoms with Crippen molar-refractivity contribution < 1.29 is 23.5 Å². The number of ether oxygens (including phenoxy) is 1. The molecule has 8 nitrogen and oxygen atoms in total. The lowest BCUT2D eigenvalue weighted by molar-refractivity contribution is -0.123. The van der Waals surface area contributed by atoms with Gasteiger partial charge in [0.1, 0.15) is 5.76 Å². The van der Waals surface area contributed by atoms with E-state index in [0.717, 1.165) is 4.88 Å². The molecular formula is C22H17N3O5S. The van der Waals surface area contributed by atoms with Gasteiger partial charge >= 0.3 is 12.0 Å². The van der Waals surface area contributed by atoms with Gasteiger partial charge in [-0.3, -0.25) is 10.1 Å². The zero-order valence-electron chi connectivity index (χ0n) is 16.2. The number of esters is 1. The number of rotatable bonds is 6. The number of carbonyl (C=O) groups excluding carboxylic acids is 3. The second-order valence-corrected chi connectivity index (χ2v) is 7.38. The van der Waals surface area contributed by atoms with Crippen LogP contribution in [-0.2, 0) is 16.1 Å². The van der Waals surface area contributed by atoms with Crippen LogP contribution in [0.3, 0.4) is 0 Å². The van der Waals surface area contributed by atoms with Crippen molar-refractivity contribution in [2.45, 2.75) is 6.54 Å². The summed E-state index contributed by atoms with van der Waals surface area (Å²) in [5.41, 5.74) is 1.58. The Morgan fingerprint density at radius 2 is 1.94 bits per heavy atom. The van der Waals surface area contributed by atoms with Crippen LogP contribution in [0.25, 0.3) is 21.5 Å². The topological polar surface area (TPSA) is 111 Å². The molecule has 2 N–H and O–H groups in total. The van der Waals surface area contributed by atoms with Gasteiger partial charge in [0.15, 0.2) is 6.61 Å². The van der Waals surface area contributed by atoms with Crippen LogP contribution in [0, 0.1) is 0 Å². The predicted molar refractivity (Wildman–Crippen MR) is 114 cm³/mol. The van der Waals surface area contributed by atoms with E-state index < -0.39 is 24.5 Å². The van der Waals surface area contributed by atoms with Gasteiger partial charge < -0.3 is 14.5 Å². The number of benzene rings is 1. The van der Waals surface area contributed by atoms with E-state index in [9.17, 15) is 14.4 Å². The van der Waals surface area contributed by atoms with E-state index in [-0.39, 0.29) is 6.54 Å². The Morgan fingerprint density at radius 3 is 2.71 bits per heavy atom.